The van der Waals surface area contributed by atoms with Gasteiger partial charge in [0.1, 0.15) is 5.71 Å². The van der Waals surface area contributed by atoms with Crippen molar-refractivity contribution in [3.8, 4) is 0 Å². The van der Waals surface area contributed by atoms with Crippen molar-refractivity contribution in [2.75, 3.05) is 0 Å². The number of hydrogen-bond acceptors (Lipinski definition) is 3. The van der Waals surface area contributed by atoms with Crippen molar-refractivity contribution < 1.29 is 10.0 Å². The number of aldehydes is 1. The third-order valence-electron chi connectivity index (χ3n) is 0.328. The van der Waals surface area contributed by atoms with Crippen LogP contribution in [0.4, 0.5) is 0 Å². The van der Waals surface area contributed by atoms with Crippen LogP contribution in [0.2, 0.25) is 0 Å². The third kappa shape index (κ3) is 1.46. The molecule has 34 valence electrons. The Kier molecular flexibility index (Phi) is 2.04. The largest absolute Gasteiger partial charge is 0.411 e. The number of nitrogens with zero attached hydrogens (tertiary/aromatic N) is 1. The highest BCUT2D eigenvalue weighted by atomic mass is 16.4. The first-order valence-corrected chi connectivity index (χ1v) is 1.45. The second-order valence-corrected chi connectivity index (χ2v) is 0.859. The van der Waals surface area contributed by atoms with Gasteiger partial charge in [-0.1, -0.05) is 5.16 Å². The molecular formula is C3H5NO2. The molecule has 0 saturated heterocycles. The predicted molar refractivity (Wildman–Crippen MR) is 21.0 cm³/mol. The van der Waals surface area contributed by atoms with Crippen LogP contribution in [-0.4, -0.2) is 17.2 Å². The van der Waals surface area contributed by atoms with Crippen LogP contribution in [0.25, 0.3) is 0 Å². The normalized spacial score (nSPS) is 11.2. The van der Waals surface area contributed by atoms with E-state index in [9.17, 15) is 4.79 Å². The molecule has 0 fully saturated rings. The van der Waals surface area contributed by atoms with E-state index < -0.39 is 0 Å². The van der Waals surface area contributed by atoms with Gasteiger partial charge < -0.3 is 5.21 Å². The maximum Gasteiger partial charge on any atom is 0.167 e. The van der Waals surface area contributed by atoms with Crippen molar-refractivity contribution in [2.45, 2.75) is 6.92 Å². The van der Waals surface area contributed by atoms with Gasteiger partial charge >= 0.3 is 0 Å². The van der Waals surface area contributed by atoms with Gasteiger partial charge in [0.05, 0.1) is 0 Å². The van der Waals surface area contributed by atoms with Gasteiger partial charge in [-0.3, -0.25) is 4.79 Å². The molecule has 0 rings (SSSR count). The van der Waals surface area contributed by atoms with E-state index in [-0.39, 0.29) is 5.71 Å². The summed E-state index contributed by atoms with van der Waals surface area (Å²) in [5.74, 6) is 0. The van der Waals surface area contributed by atoms with Gasteiger partial charge in [0.2, 0.25) is 0 Å². The highest BCUT2D eigenvalue weighted by Crippen LogP contribution is 1.60. The molecule has 0 aliphatic carbocycles. The SMILES string of the molecule is C/C(C=O)=N\O. The van der Waals surface area contributed by atoms with Crippen molar-refractivity contribution in [1.82, 2.24) is 0 Å². The average molecular weight is 87.1 g/mol. The summed E-state index contributed by atoms with van der Waals surface area (Å²) in [4.78, 5) is 9.45. The van der Waals surface area contributed by atoms with E-state index in [0.717, 1.165) is 0 Å². The van der Waals surface area contributed by atoms with Crippen LogP contribution in [0.3, 0.4) is 0 Å². The Morgan fingerprint density at radius 1 is 2.00 bits per heavy atom. The lowest BCUT2D eigenvalue weighted by Gasteiger charge is -1.71. The summed E-state index contributed by atoms with van der Waals surface area (Å²) in [5, 5.41) is 10.2. The number of rotatable bonds is 1. The molecule has 0 amide bonds. The van der Waals surface area contributed by atoms with Gasteiger partial charge in [-0.2, -0.15) is 0 Å². The van der Waals surface area contributed by atoms with Gasteiger partial charge in [0, 0.05) is 0 Å². The summed E-state index contributed by atoms with van der Waals surface area (Å²) < 4.78 is 0. The van der Waals surface area contributed by atoms with Crippen LogP contribution in [0, 0.1) is 0 Å². The first kappa shape index (κ1) is 5.14. The second kappa shape index (κ2) is 2.38. The van der Waals surface area contributed by atoms with E-state index in [1.165, 1.54) is 6.92 Å². The van der Waals surface area contributed by atoms with E-state index in [4.69, 9.17) is 5.21 Å². The molecule has 0 aliphatic rings. The monoisotopic (exact) mass is 87.0 g/mol. The maximum atomic E-state index is 9.45. The molecule has 0 aromatic rings. The highest BCUT2D eigenvalue weighted by Gasteiger charge is 1.77. The Balaban J connectivity index is 3.50. The first-order valence-electron chi connectivity index (χ1n) is 1.45. The van der Waals surface area contributed by atoms with Crippen molar-refractivity contribution in [2.24, 2.45) is 5.16 Å². The minimum atomic E-state index is 0.0926. The lowest BCUT2D eigenvalue weighted by Crippen LogP contribution is -1.88. The molecule has 0 spiro atoms. The fraction of sp³-hybridized carbons (Fsp3) is 0.333. The zero-order valence-corrected chi connectivity index (χ0v) is 3.38. The van der Waals surface area contributed by atoms with E-state index in [2.05, 4.69) is 5.16 Å². The zero-order chi connectivity index (χ0) is 4.99. The van der Waals surface area contributed by atoms with Crippen molar-refractivity contribution in [3.63, 3.8) is 0 Å². The van der Waals surface area contributed by atoms with Crippen LogP contribution in [0.15, 0.2) is 5.16 Å². The quantitative estimate of drug-likeness (QED) is 0.212. The van der Waals surface area contributed by atoms with Crippen LogP contribution in [0.1, 0.15) is 6.92 Å². The summed E-state index contributed by atoms with van der Waals surface area (Å²) in [6, 6.07) is 0. The third-order valence-corrected chi connectivity index (χ3v) is 0.328. The average Bonchev–Trinajstić information content (AvgIpc) is 1.65. The lowest BCUT2D eigenvalue weighted by atomic mass is 10.5. The van der Waals surface area contributed by atoms with E-state index >= 15 is 0 Å². The standard InChI is InChI=1S/C3H5NO2/c1-3(2-5)4-6/h2,6H,1H3/b4-3+. The summed E-state index contributed by atoms with van der Waals surface area (Å²) in [5.41, 5.74) is 0.0926. The number of carbonyl (C=O) groups excluding carboxylic acids is 1. The molecule has 3 nitrogen and oxygen atoms in total. The molecule has 0 aromatic carbocycles. The van der Waals surface area contributed by atoms with Crippen molar-refractivity contribution >= 4 is 12.0 Å². The number of carbonyl (C=O) groups is 1. The van der Waals surface area contributed by atoms with Crippen LogP contribution < -0.4 is 0 Å². The minimum Gasteiger partial charge on any atom is -0.411 e. The molecular weight excluding hydrogens is 82.0 g/mol. The fourth-order valence-electron chi connectivity index (χ4n) is 0.0236. The molecule has 0 heterocycles. The summed E-state index contributed by atoms with van der Waals surface area (Å²) >= 11 is 0. The lowest BCUT2D eigenvalue weighted by molar-refractivity contribution is -0.102. The van der Waals surface area contributed by atoms with Gasteiger partial charge in [0.15, 0.2) is 6.29 Å². The highest BCUT2D eigenvalue weighted by molar-refractivity contribution is 6.26. The van der Waals surface area contributed by atoms with Gasteiger partial charge in [-0.25, -0.2) is 0 Å². The maximum absolute atomic E-state index is 9.45. The smallest absolute Gasteiger partial charge is 0.167 e. The van der Waals surface area contributed by atoms with E-state index in [0.29, 0.717) is 6.29 Å². The Morgan fingerprint density at radius 3 is 2.50 bits per heavy atom. The molecule has 3 heteroatoms. The number of hydrogen-bond donors (Lipinski definition) is 1. The summed E-state index contributed by atoms with van der Waals surface area (Å²) in [6.07, 6.45) is 0.472. The van der Waals surface area contributed by atoms with E-state index in [1.807, 2.05) is 0 Å². The van der Waals surface area contributed by atoms with Crippen LogP contribution in [0.5, 0.6) is 0 Å². The van der Waals surface area contributed by atoms with E-state index in [1.54, 1.807) is 0 Å². The van der Waals surface area contributed by atoms with Crippen molar-refractivity contribution in [1.29, 1.82) is 0 Å². The Hall–Kier alpha value is -0.860. The molecule has 0 radical (unpaired) electrons. The molecule has 0 aliphatic heterocycles. The van der Waals surface area contributed by atoms with Gasteiger partial charge in [-0.15, -0.1) is 0 Å². The molecule has 0 aromatic heterocycles. The van der Waals surface area contributed by atoms with Gasteiger partial charge in [0.25, 0.3) is 0 Å². The van der Waals surface area contributed by atoms with Crippen LogP contribution >= 0.6 is 0 Å². The Labute approximate surface area is 35.3 Å². The fourth-order valence-corrected chi connectivity index (χ4v) is 0.0236. The number of oxime groups is 1. The molecule has 1 N–H and O–H groups in total. The molecule has 0 bridgehead atoms. The van der Waals surface area contributed by atoms with Crippen LogP contribution in [-0.2, 0) is 4.79 Å². The summed E-state index contributed by atoms with van der Waals surface area (Å²) in [6.45, 7) is 1.41. The molecule has 6 heavy (non-hydrogen) atoms. The Morgan fingerprint density at radius 2 is 2.50 bits per heavy atom. The first-order chi connectivity index (χ1) is 2.81. The second-order valence-electron chi connectivity index (χ2n) is 0.859. The zero-order valence-electron chi connectivity index (χ0n) is 3.38. The molecule has 0 atom stereocenters. The minimum absolute atomic E-state index is 0.0926. The van der Waals surface area contributed by atoms with Gasteiger partial charge in [-0.05, 0) is 6.92 Å². The van der Waals surface area contributed by atoms with Crippen molar-refractivity contribution in [3.05, 3.63) is 0 Å². The molecule has 0 unspecified atom stereocenters. The summed E-state index contributed by atoms with van der Waals surface area (Å²) in [7, 11) is 0. The predicted octanol–water partition coefficient (Wildman–Crippen LogP) is 0.0354. The topological polar surface area (TPSA) is 49.7 Å². The Bertz CT molecular complexity index is 76.9. The molecule has 0 saturated carbocycles.